The number of aryl methyl sites for hydroxylation is 2. The van der Waals surface area contributed by atoms with Crippen molar-refractivity contribution in [2.75, 3.05) is 20.8 Å². The molecule has 2 aromatic carbocycles. The van der Waals surface area contributed by atoms with Crippen molar-refractivity contribution in [1.82, 2.24) is 44.9 Å². The van der Waals surface area contributed by atoms with Crippen LogP contribution in [0.2, 0.25) is 0 Å². The Labute approximate surface area is 400 Å². The van der Waals surface area contributed by atoms with Gasteiger partial charge in [0.2, 0.25) is 5.88 Å². The Bertz CT molecular complexity index is 2340. The molecule has 12 nitrogen and oxygen atoms in total. The molecule has 0 atom stereocenters. The molecule has 0 fully saturated rings. The number of hydrogen-bond acceptors (Lipinski definition) is 12. The highest BCUT2D eigenvalue weighted by atomic mass is 16.5. The van der Waals surface area contributed by atoms with Crippen LogP contribution in [0.25, 0.3) is 11.0 Å². The fraction of sp³-hybridized carbons (Fsp3) is 0.436. The van der Waals surface area contributed by atoms with E-state index in [9.17, 15) is 0 Å². The van der Waals surface area contributed by atoms with E-state index in [2.05, 4.69) is 146 Å². The van der Waals surface area contributed by atoms with Crippen LogP contribution in [0.15, 0.2) is 104 Å². The molecule has 358 valence electrons. The van der Waals surface area contributed by atoms with Crippen molar-refractivity contribution in [2.24, 2.45) is 0 Å². The summed E-state index contributed by atoms with van der Waals surface area (Å²) >= 11 is 0. The first-order valence-electron chi connectivity index (χ1n) is 23.3. The highest BCUT2D eigenvalue weighted by molar-refractivity contribution is 5.73. The number of para-hydroxylation sites is 2. The van der Waals surface area contributed by atoms with Gasteiger partial charge in [0.15, 0.2) is 0 Å². The van der Waals surface area contributed by atoms with E-state index in [1.807, 2.05) is 87.4 Å². The van der Waals surface area contributed by atoms with Gasteiger partial charge in [-0.3, -0.25) is 4.98 Å². The zero-order valence-electron chi connectivity index (χ0n) is 42.9. The van der Waals surface area contributed by atoms with Crippen LogP contribution in [0.5, 0.6) is 17.6 Å². The molecule has 0 amide bonds. The zero-order chi connectivity index (χ0) is 49.5. The van der Waals surface area contributed by atoms with Crippen molar-refractivity contribution < 1.29 is 14.2 Å². The van der Waals surface area contributed by atoms with Crippen LogP contribution in [0.3, 0.4) is 0 Å². The maximum Gasteiger partial charge on any atom is 0.316 e. The Morgan fingerprint density at radius 1 is 0.448 bits per heavy atom. The Morgan fingerprint density at radius 3 is 1.34 bits per heavy atom. The van der Waals surface area contributed by atoms with Gasteiger partial charge in [0.1, 0.15) is 17.4 Å². The lowest BCUT2D eigenvalue weighted by Gasteiger charge is -2.06. The molecule has 0 unspecified atom stereocenters. The van der Waals surface area contributed by atoms with Crippen molar-refractivity contribution in [2.45, 2.75) is 139 Å². The third kappa shape index (κ3) is 19.5. The Morgan fingerprint density at radius 2 is 0.910 bits per heavy atom. The number of methoxy groups -OCH3 is 2. The van der Waals surface area contributed by atoms with Gasteiger partial charge in [-0.25, -0.2) is 39.9 Å². The van der Waals surface area contributed by atoms with Crippen molar-refractivity contribution in [3.05, 3.63) is 155 Å². The molecule has 0 aliphatic carbocycles. The molecule has 1 aliphatic heterocycles. The molecule has 67 heavy (non-hydrogen) atoms. The molecular formula is C55H75N9O3. The van der Waals surface area contributed by atoms with Crippen LogP contribution in [-0.4, -0.2) is 65.7 Å². The van der Waals surface area contributed by atoms with Crippen LogP contribution < -0.4 is 14.2 Å². The van der Waals surface area contributed by atoms with E-state index in [0.717, 1.165) is 52.7 Å². The minimum absolute atomic E-state index is 0.425. The van der Waals surface area contributed by atoms with E-state index in [0.29, 0.717) is 47.4 Å². The quantitative estimate of drug-likeness (QED) is 0.143. The first-order chi connectivity index (χ1) is 31.9. The molecule has 0 radical (unpaired) electrons. The maximum absolute atomic E-state index is 5.49. The highest BCUT2D eigenvalue weighted by Gasteiger charge is 2.13. The monoisotopic (exact) mass is 910 g/mol. The van der Waals surface area contributed by atoms with Crippen molar-refractivity contribution in [3.8, 4) is 17.6 Å². The van der Waals surface area contributed by atoms with Crippen molar-refractivity contribution in [1.29, 1.82) is 0 Å². The Kier molecular flexibility index (Phi) is 23.4. The van der Waals surface area contributed by atoms with Gasteiger partial charge < -0.3 is 14.2 Å². The molecule has 0 N–H and O–H groups in total. The van der Waals surface area contributed by atoms with Gasteiger partial charge in [0, 0.05) is 62.1 Å². The molecule has 7 aromatic rings. The minimum atomic E-state index is 0.425. The van der Waals surface area contributed by atoms with Crippen LogP contribution >= 0.6 is 0 Å². The summed E-state index contributed by atoms with van der Waals surface area (Å²) in [5.74, 6) is 6.55. The fourth-order valence-electron chi connectivity index (χ4n) is 5.78. The van der Waals surface area contributed by atoms with Gasteiger partial charge >= 0.3 is 6.01 Å². The molecule has 1 aliphatic rings. The van der Waals surface area contributed by atoms with E-state index >= 15 is 0 Å². The second kappa shape index (κ2) is 28.6. The van der Waals surface area contributed by atoms with Crippen LogP contribution in [0.1, 0.15) is 169 Å². The lowest BCUT2D eigenvalue weighted by molar-refractivity contribution is 0.356. The third-order valence-corrected chi connectivity index (χ3v) is 10.5. The third-order valence-electron chi connectivity index (χ3n) is 10.5. The van der Waals surface area contributed by atoms with Gasteiger partial charge in [-0.1, -0.05) is 113 Å². The number of hydrogen-bond donors (Lipinski definition) is 0. The number of aromatic nitrogens is 9. The Balaban J connectivity index is 0.000000214. The lowest BCUT2D eigenvalue weighted by atomic mass is 10.0. The van der Waals surface area contributed by atoms with Crippen molar-refractivity contribution >= 4 is 11.0 Å². The molecule has 0 spiro atoms. The molecule has 5 aromatic heterocycles. The summed E-state index contributed by atoms with van der Waals surface area (Å²) in [7, 11) is 3.18. The van der Waals surface area contributed by atoms with Crippen LogP contribution in [-0.2, 0) is 6.42 Å². The largest absolute Gasteiger partial charge is 0.493 e. The number of benzene rings is 2. The average Bonchev–Trinajstić information content (AvgIpc) is 3.81. The molecule has 0 bridgehead atoms. The summed E-state index contributed by atoms with van der Waals surface area (Å²) in [6.45, 7) is 30.3. The second-order valence-electron chi connectivity index (χ2n) is 17.9. The van der Waals surface area contributed by atoms with Crippen LogP contribution in [0, 0.1) is 13.8 Å². The van der Waals surface area contributed by atoms with Gasteiger partial charge in [0.25, 0.3) is 0 Å². The van der Waals surface area contributed by atoms with Crippen LogP contribution in [0.4, 0.5) is 0 Å². The predicted molar refractivity (Wildman–Crippen MR) is 273 cm³/mol. The fourth-order valence-corrected chi connectivity index (χ4v) is 5.78. The maximum atomic E-state index is 5.49. The van der Waals surface area contributed by atoms with Gasteiger partial charge in [-0.2, -0.15) is 0 Å². The molecular weight excluding hydrogens is 835 g/mol. The summed E-state index contributed by atoms with van der Waals surface area (Å²) in [6.07, 6.45) is 15.9. The highest BCUT2D eigenvalue weighted by Crippen LogP contribution is 2.29. The molecule has 12 heteroatoms. The number of ether oxygens (including phenoxy) is 3. The van der Waals surface area contributed by atoms with Crippen molar-refractivity contribution in [3.63, 3.8) is 0 Å². The van der Waals surface area contributed by atoms with E-state index in [4.69, 9.17) is 14.2 Å². The molecule has 0 saturated carbocycles. The van der Waals surface area contributed by atoms with Gasteiger partial charge in [-0.15, -0.1) is 0 Å². The summed E-state index contributed by atoms with van der Waals surface area (Å²) < 4.78 is 15.3. The topological polar surface area (TPSA) is 144 Å². The molecule has 8 rings (SSSR count). The molecule has 6 heterocycles. The Hall–Kier alpha value is -6.43. The lowest BCUT2D eigenvalue weighted by Crippen LogP contribution is -1.94. The van der Waals surface area contributed by atoms with E-state index in [1.165, 1.54) is 27.8 Å². The number of nitrogens with zero attached hydrogens (tertiary/aromatic N) is 9. The van der Waals surface area contributed by atoms with E-state index in [-0.39, 0.29) is 0 Å². The first-order valence-corrected chi connectivity index (χ1v) is 23.3. The predicted octanol–water partition coefficient (Wildman–Crippen LogP) is 13.1. The standard InChI is InChI=1S/C11H12N2.C11H14O.C9H13NO.C8H12N2O.2C8H12N2/c1-8(2)11-7-12-9-5-3-4-6-10(9)13-11;1-8(2)10-4-3-9-5-6-12-11(9)7-10;1-7(2)8-4-5-9(11-3)10-6-8;1-6(2)7-4-9-8(11-3)10-5-7;2*1-6(2)8-4-9-7(3)10-5-8/h3-8H,1-2H3;3-4,7-8H,5-6H2,1-2H3;4-7H,1-3H3;4-6H,1-3H3;2*4-6H,1-3H3. The normalized spacial score (nSPS) is 11.2. The van der Waals surface area contributed by atoms with Gasteiger partial charge in [0.05, 0.1) is 37.6 Å². The number of fused-ring (bicyclic) bond motifs is 2. The summed E-state index contributed by atoms with van der Waals surface area (Å²) in [4.78, 5) is 37.3. The molecule has 0 saturated heterocycles. The second-order valence-corrected chi connectivity index (χ2v) is 17.9. The number of pyridine rings is 1. The zero-order valence-corrected chi connectivity index (χ0v) is 42.9. The van der Waals surface area contributed by atoms with E-state index < -0.39 is 0 Å². The summed E-state index contributed by atoms with van der Waals surface area (Å²) in [6, 6.07) is 18.9. The minimum Gasteiger partial charge on any atom is -0.493 e. The number of rotatable bonds is 8. The average molecular weight is 910 g/mol. The van der Waals surface area contributed by atoms with Gasteiger partial charge in [-0.05, 0) is 101 Å². The SMILES string of the molecule is CC(C)c1ccc2c(c1)OCC2.CC(C)c1cnc2ccccc2n1.COc1ccc(C(C)C)cn1.COc1ncc(C(C)C)cn1.Cc1ncc(C(C)C)cn1.Cc1ncc(C(C)C)cn1. The summed E-state index contributed by atoms with van der Waals surface area (Å²) in [5, 5.41) is 0. The summed E-state index contributed by atoms with van der Waals surface area (Å²) in [5.41, 5.74) is 10.5. The first kappa shape index (κ1) is 54.9. The smallest absolute Gasteiger partial charge is 0.316 e. The van der Waals surface area contributed by atoms with E-state index in [1.54, 1.807) is 26.6 Å².